The minimum Gasteiger partial charge on any atom is -0.346 e. The Morgan fingerprint density at radius 1 is 0.971 bits per heavy atom. The lowest BCUT2D eigenvalue weighted by Crippen LogP contribution is -2.35. The summed E-state index contributed by atoms with van der Waals surface area (Å²) >= 11 is 6.67. The third-order valence-electron chi connectivity index (χ3n) is 12.9. The third kappa shape index (κ3) is 9.02. The van der Waals surface area contributed by atoms with Crippen LogP contribution in [0.2, 0.25) is 5.02 Å². The third-order valence-corrected chi connectivity index (χ3v) is 17.0. The number of hydrogen-bond acceptors (Lipinski definition) is 8. The van der Waals surface area contributed by atoms with E-state index in [2.05, 4.69) is 32.1 Å². The first-order valence-electron chi connectivity index (χ1n) is 21.3. The maximum absolute atomic E-state index is 15.6. The van der Waals surface area contributed by atoms with Crippen molar-refractivity contribution in [2.24, 2.45) is 5.92 Å². The number of sulfone groups is 1. The van der Waals surface area contributed by atoms with Crippen molar-refractivity contribution in [1.82, 2.24) is 29.9 Å². The molecule has 69 heavy (non-hydrogen) atoms. The Bertz CT molecular complexity index is 3280. The summed E-state index contributed by atoms with van der Waals surface area (Å²) in [5.74, 6) is -4.91. The van der Waals surface area contributed by atoms with Crippen molar-refractivity contribution in [2.75, 3.05) is 11.0 Å². The zero-order valence-corrected chi connectivity index (χ0v) is 38.7. The molecule has 2 aromatic carbocycles. The van der Waals surface area contributed by atoms with Gasteiger partial charge < -0.3 is 5.32 Å². The Hall–Kier alpha value is -5.41. The van der Waals surface area contributed by atoms with E-state index in [4.69, 9.17) is 16.6 Å². The van der Waals surface area contributed by atoms with Crippen molar-refractivity contribution < 1.29 is 65.5 Å². The van der Waals surface area contributed by atoms with Crippen LogP contribution in [0.25, 0.3) is 22.0 Å². The number of halogens is 11. The van der Waals surface area contributed by atoms with Gasteiger partial charge in [-0.2, -0.15) is 45.3 Å². The van der Waals surface area contributed by atoms with Crippen LogP contribution in [0.1, 0.15) is 96.5 Å². The Kier molecular flexibility index (Phi) is 11.5. The molecule has 4 aliphatic carbocycles. The molecular weight excluding hydrogens is 996 g/mol. The molecule has 3 heterocycles. The summed E-state index contributed by atoms with van der Waals surface area (Å²) in [6.45, 7) is -0.404. The first-order valence-corrected chi connectivity index (χ1v) is 25.1. The number of benzene rings is 2. The molecule has 12 nitrogen and oxygen atoms in total. The van der Waals surface area contributed by atoms with Crippen molar-refractivity contribution in [1.29, 1.82) is 0 Å². The molecule has 1 amide bonds. The standard InChI is InChI=1S/C44H38ClF10N7O5S2/c1-41(2,68(3,64)65)12-11-30-24-5-4-6-25(24)33(26-9-10-29(45)35-37(26)62(19-42(48,49)50)59-40(35)60-69(66,67)23-7-8-23)36(57-30)31(15-20-13-21(46)16-22(47)14-20)56-32(63)18-61-39-34(38(58-61)44(53,54)55)27-17-28(27)43(39,51)52/h9-10,13-14,16,23,27-28,31H,4-8,15,17-19H2,1-3H3,(H,56,63)(H,59,60)/t27-,28?,31-/m0/s1. The number of aromatic nitrogens is 5. The highest BCUT2D eigenvalue weighted by molar-refractivity contribution is 7.93. The van der Waals surface area contributed by atoms with E-state index in [1.165, 1.54) is 26.0 Å². The van der Waals surface area contributed by atoms with Crippen molar-refractivity contribution in [3.8, 4) is 23.0 Å². The first-order chi connectivity index (χ1) is 31.9. The summed E-state index contributed by atoms with van der Waals surface area (Å²) in [6, 6.07) is 3.15. The average Bonchev–Trinajstić information content (AvgIpc) is 4.08. The van der Waals surface area contributed by atoms with E-state index in [0.717, 1.165) is 18.4 Å². The van der Waals surface area contributed by atoms with Gasteiger partial charge in [-0.1, -0.05) is 23.6 Å². The van der Waals surface area contributed by atoms with Crippen molar-refractivity contribution in [2.45, 2.75) is 112 Å². The fourth-order valence-corrected chi connectivity index (χ4v) is 11.0. The van der Waals surface area contributed by atoms with Crippen LogP contribution in [0.3, 0.4) is 0 Å². The number of nitrogens with zero attached hydrogens (tertiary/aromatic N) is 5. The normalized spacial score (nSPS) is 19.2. The van der Waals surface area contributed by atoms with Crippen LogP contribution >= 0.6 is 11.6 Å². The molecule has 2 fully saturated rings. The number of pyridine rings is 1. The lowest BCUT2D eigenvalue weighted by molar-refractivity contribution is -0.142. The van der Waals surface area contributed by atoms with Crippen LogP contribution in [-0.4, -0.2) is 69.7 Å². The van der Waals surface area contributed by atoms with Crippen molar-refractivity contribution in [3.05, 3.63) is 92.0 Å². The second-order valence-corrected chi connectivity index (χ2v) is 23.2. The SMILES string of the molecule is CC(C)(C#Cc1nc([C@H](Cc2cc(F)cc(F)c2)NC(=O)Cn2nc(C(F)(F)F)c3c2C(F)(F)C2C[C@H]32)c(-c2ccc(Cl)c3c(NS(=O)(=O)C4CC4)nn(CC(F)(F)F)c23)c2c1CCC2)S(C)(=O)=O. The number of anilines is 1. The monoisotopic (exact) mass is 1030 g/mol. The molecule has 3 atom stereocenters. The lowest BCUT2D eigenvalue weighted by Gasteiger charge is -2.25. The van der Waals surface area contributed by atoms with Gasteiger partial charge in [0.05, 0.1) is 32.9 Å². The second kappa shape index (κ2) is 16.3. The van der Waals surface area contributed by atoms with E-state index in [0.29, 0.717) is 28.3 Å². The van der Waals surface area contributed by atoms with Gasteiger partial charge in [-0.25, -0.2) is 30.6 Å². The largest absolute Gasteiger partial charge is 0.435 e. The van der Waals surface area contributed by atoms with Gasteiger partial charge in [0.15, 0.2) is 21.3 Å². The molecule has 0 bridgehead atoms. The number of sulfonamides is 1. The predicted molar refractivity (Wildman–Crippen MR) is 230 cm³/mol. The number of carbonyl (C=O) groups excluding carboxylic acids is 1. The predicted octanol–water partition coefficient (Wildman–Crippen LogP) is 8.68. The first kappa shape index (κ1) is 48.6. The Morgan fingerprint density at radius 2 is 1.64 bits per heavy atom. The Labute approximate surface area is 392 Å². The van der Waals surface area contributed by atoms with E-state index in [9.17, 15) is 56.8 Å². The number of alkyl halides is 8. The molecule has 1 unspecified atom stereocenters. The minimum atomic E-state index is -5.18. The molecule has 0 saturated heterocycles. The topological polar surface area (TPSA) is 158 Å². The number of amides is 1. The highest BCUT2D eigenvalue weighted by atomic mass is 35.5. The number of carbonyl (C=O) groups is 1. The van der Waals surface area contributed by atoms with Crippen LogP contribution in [0, 0.1) is 29.4 Å². The number of nitrogens with one attached hydrogen (secondary N) is 2. The van der Waals surface area contributed by atoms with Crippen LogP contribution in [0.15, 0.2) is 30.3 Å². The molecule has 4 aliphatic rings. The summed E-state index contributed by atoms with van der Waals surface area (Å²) in [5, 5.41) is 8.65. The molecule has 3 aromatic heterocycles. The van der Waals surface area contributed by atoms with E-state index in [1.54, 1.807) is 0 Å². The van der Waals surface area contributed by atoms with Crippen molar-refractivity contribution in [3.63, 3.8) is 0 Å². The molecule has 25 heteroatoms. The summed E-state index contributed by atoms with van der Waals surface area (Å²) in [4.78, 5) is 19.1. The van der Waals surface area contributed by atoms with Crippen LogP contribution in [-0.2, 0) is 69.1 Å². The molecule has 5 aromatic rings. The van der Waals surface area contributed by atoms with Gasteiger partial charge in [0.1, 0.15) is 40.9 Å². The van der Waals surface area contributed by atoms with Gasteiger partial charge in [0, 0.05) is 34.9 Å². The van der Waals surface area contributed by atoms with E-state index >= 15 is 8.78 Å². The van der Waals surface area contributed by atoms with Gasteiger partial charge in [-0.05, 0) is 106 Å². The number of hydrogen-bond donors (Lipinski definition) is 2. The summed E-state index contributed by atoms with van der Waals surface area (Å²) in [6.07, 6.45) is -8.82. The smallest absolute Gasteiger partial charge is 0.346 e. The number of fused-ring (bicyclic) bond motifs is 5. The van der Waals surface area contributed by atoms with Crippen molar-refractivity contribution >= 4 is 54.1 Å². The zero-order chi connectivity index (χ0) is 50.1. The molecular formula is C44H38ClF10N7O5S2. The molecule has 0 aliphatic heterocycles. The van der Waals surface area contributed by atoms with Gasteiger partial charge in [-0.3, -0.25) is 18.9 Å². The average molecular weight is 1030 g/mol. The fourth-order valence-electron chi connectivity index (χ4n) is 9.22. The molecule has 2 N–H and O–H groups in total. The van der Waals surface area contributed by atoms with E-state index in [-0.39, 0.29) is 80.8 Å². The number of rotatable bonds is 12. The van der Waals surface area contributed by atoms with Gasteiger partial charge in [0.25, 0.3) is 5.92 Å². The fraction of sp³-hybridized carbons (Fsp3) is 0.455. The molecule has 368 valence electrons. The van der Waals surface area contributed by atoms with Crippen LogP contribution < -0.4 is 10.0 Å². The van der Waals surface area contributed by atoms with Gasteiger partial charge >= 0.3 is 12.4 Å². The maximum Gasteiger partial charge on any atom is 0.435 e. The zero-order valence-electron chi connectivity index (χ0n) is 36.3. The Balaban J connectivity index is 1.29. The molecule has 0 spiro atoms. The van der Waals surface area contributed by atoms with Gasteiger partial charge in [-0.15, -0.1) is 0 Å². The maximum atomic E-state index is 15.6. The van der Waals surface area contributed by atoms with E-state index in [1.807, 2.05) is 0 Å². The van der Waals surface area contributed by atoms with E-state index < -0.39 is 126 Å². The molecule has 2 saturated carbocycles. The quantitative estimate of drug-likeness (QED) is 0.0929. The molecule has 0 radical (unpaired) electrons. The highest BCUT2D eigenvalue weighted by Crippen LogP contribution is 2.68. The molecule has 9 rings (SSSR count). The highest BCUT2D eigenvalue weighted by Gasteiger charge is 2.68. The summed E-state index contributed by atoms with van der Waals surface area (Å²) in [7, 11) is -8.05. The van der Waals surface area contributed by atoms with Crippen LogP contribution in [0.5, 0.6) is 0 Å². The summed E-state index contributed by atoms with van der Waals surface area (Å²) in [5.41, 5.74) is -3.75. The minimum absolute atomic E-state index is 0.0230. The lowest BCUT2D eigenvalue weighted by atomic mass is 9.88. The second-order valence-electron chi connectivity index (χ2n) is 18.3. The summed E-state index contributed by atoms with van der Waals surface area (Å²) < 4.78 is 200. The van der Waals surface area contributed by atoms with Gasteiger partial charge in [0.2, 0.25) is 15.9 Å². The Morgan fingerprint density at radius 3 is 2.26 bits per heavy atom. The van der Waals surface area contributed by atoms with Crippen LogP contribution in [0.4, 0.5) is 49.7 Å².